The fourth-order valence-corrected chi connectivity index (χ4v) is 3.96. The van der Waals surface area contributed by atoms with Crippen LogP contribution in [0.15, 0.2) is 36.4 Å². The molecule has 1 amide bonds. The number of anilines is 1. The molecule has 3 rings (SSSR count). The normalized spacial score (nSPS) is 11.1. The number of rotatable bonds is 9. The number of unbranched alkanes of at least 4 members (excludes halogenated alkanes) is 3. The highest BCUT2D eigenvalue weighted by atomic mass is 16.5. The lowest BCUT2D eigenvalue weighted by Gasteiger charge is -2.23. The number of para-hydroxylation sites is 1. The maximum Gasteiger partial charge on any atom is 0.225 e. The van der Waals surface area contributed by atoms with Crippen LogP contribution in [-0.2, 0) is 4.79 Å². The summed E-state index contributed by atoms with van der Waals surface area (Å²) in [4.78, 5) is 19.6. The number of aryl methyl sites for hydroxylation is 2. The van der Waals surface area contributed by atoms with Crippen molar-refractivity contribution in [1.29, 1.82) is 0 Å². The van der Waals surface area contributed by atoms with E-state index >= 15 is 0 Å². The highest BCUT2D eigenvalue weighted by Gasteiger charge is 2.25. The van der Waals surface area contributed by atoms with Crippen molar-refractivity contribution in [2.45, 2.75) is 46.5 Å². The van der Waals surface area contributed by atoms with E-state index in [1.807, 2.05) is 29.2 Å². The van der Waals surface area contributed by atoms with Crippen molar-refractivity contribution in [3.8, 4) is 17.0 Å². The van der Waals surface area contributed by atoms with Gasteiger partial charge in [0.05, 0.1) is 7.11 Å². The molecule has 0 saturated heterocycles. The third kappa shape index (κ3) is 4.49. The van der Waals surface area contributed by atoms with Crippen molar-refractivity contribution in [3.63, 3.8) is 0 Å². The second kappa shape index (κ2) is 9.76. The molecule has 0 fully saturated rings. The molecule has 0 spiro atoms. The predicted molar refractivity (Wildman–Crippen MR) is 122 cm³/mol. The Hall–Kier alpha value is -2.86. The molecule has 1 aromatic carbocycles. The van der Waals surface area contributed by atoms with Crippen LogP contribution in [0.2, 0.25) is 0 Å². The standard InChI is InChI=1S/C24H32N4O2/c1-17-15-18(2)28-22(16-17)26-23(20-11-7-8-12-21(20)30-4)24(28)27(19(3)29)14-10-6-5-9-13-25/h7-8,11-12,15-16H,5-6,9-10,13-14,25H2,1-4H3. The Labute approximate surface area is 178 Å². The van der Waals surface area contributed by atoms with E-state index < -0.39 is 0 Å². The first kappa shape index (κ1) is 21.8. The number of methoxy groups -OCH3 is 1. The van der Waals surface area contributed by atoms with Gasteiger partial charge in [-0.05, 0) is 63.1 Å². The second-order valence-electron chi connectivity index (χ2n) is 7.73. The lowest BCUT2D eigenvalue weighted by atomic mass is 10.1. The van der Waals surface area contributed by atoms with E-state index in [0.717, 1.165) is 65.4 Å². The molecular weight excluding hydrogens is 376 g/mol. The molecule has 3 aromatic rings. The zero-order chi connectivity index (χ0) is 21.7. The number of nitrogens with zero attached hydrogens (tertiary/aromatic N) is 3. The van der Waals surface area contributed by atoms with Gasteiger partial charge >= 0.3 is 0 Å². The van der Waals surface area contributed by atoms with Crippen molar-refractivity contribution < 1.29 is 9.53 Å². The lowest BCUT2D eigenvalue weighted by Crippen LogP contribution is -2.31. The summed E-state index contributed by atoms with van der Waals surface area (Å²) >= 11 is 0. The summed E-state index contributed by atoms with van der Waals surface area (Å²) in [5.74, 6) is 1.55. The maximum absolute atomic E-state index is 12.8. The Morgan fingerprint density at radius 2 is 1.87 bits per heavy atom. The monoisotopic (exact) mass is 408 g/mol. The third-order valence-corrected chi connectivity index (χ3v) is 5.36. The largest absolute Gasteiger partial charge is 0.496 e. The topological polar surface area (TPSA) is 72.9 Å². The molecular formula is C24H32N4O2. The second-order valence-corrected chi connectivity index (χ2v) is 7.73. The molecule has 0 atom stereocenters. The van der Waals surface area contributed by atoms with Gasteiger partial charge in [-0.25, -0.2) is 4.98 Å². The van der Waals surface area contributed by atoms with Crippen LogP contribution in [0.3, 0.4) is 0 Å². The van der Waals surface area contributed by atoms with Crippen molar-refractivity contribution in [2.24, 2.45) is 5.73 Å². The molecule has 0 bridgehead atoms. The van der Waals surface area contributed by atoms with E-state index in [1.54, 1.807) is 14.0 Å². The van der Waals surface area contributed by atoms with E-state index in [1.165, 1.54) is 0 Å². The first-order valence-electron chi connectivity index (χ1n) is 10.6. The number of carbonyl (C=O) groups is 1. The molecule has 160 valence electrons. The molecule has 6 nitrogen and oxygen atoms in total. The molecule has 6 heteroatoms. The van der Waals surface area contributed by atoms with E-state index in [4.69, 9.17) is 15.5 Å². The van der Waals surface area contributed by atoms with Gasteiger partial charge in [-0.2, -0.15) is 0 Å². The van der Waals surface area contributed by atoms with Gasteiger partial charge in [-0.1, -0.05) is 25.0 Å². The smallest absolute Gasteiger partial charge is 0.225 e. The number of carbonyl (C=O) groups excluding carboxylic acids is 1. The SMILES string of the molecule is COc1ccccc1-c1nc2cc(C)cc(C)n2c1N(CCCCCCN)C(C)=O. The Kier molecular flexibility index (Phi) is 7.11. The van der Waals surface area contributed by atoms with Crippen molar-refractivity contribution in [2.75, 3.05) is 25.1 Å². The minimum atomic E-state index is 0.00625. The average molecular weight is 409 g/mol. The van der Waals surface area contributed by atoms with Gasteiger partial charge in [0.15, 0.2) is 0 Å². The predicted octanol–water partition coefficient (Wildman–Crippen LogP) is 4.50. The molecule has 2 heterocycles. The summed E-state index contributed by atoms with van der Waals surface area (Å²) in [5.41, 5.74) is 10.3. The summed E-state index contributed by atoms with van der Waals surface area (Å²) in [6, 6.07) is 12.0. The first-order chi connectivity index (χ1) is 14.5. The number of ether oxygens (including phenoxy) is 1. The molecule has 2 aromatic heterocycles. The summed E-state index contributed by atoms with van der Waals surface area (Å²) in [6.45, 7) is 7.08. The summed E-state index contributed by atoms with van der Waals surface area (Å²) < 4.78 is 7.69. The molecule has 0 radical (unpaired) electrons. The minimum absolute atomic E-state index is 0.00625. The maximum atomic E-state index is 12.8. The van der Waals surface area contributed by atoms with Crippen molar-refractivity contribution >= 4 is 17.4 Å². The Bertz CT molecular complexity index is 1030. The number of imidazole rings is 1. The number of amides is 1. The van der Waals surface area contributed by atoms with Crippen LogP contribution < -0.4 is 15.4 Å². The van der Waals surface area contributed by atoms with Crippen molar-refractivity contribution in [3.05, 3.63) is 47.7 Å². The van der Waals surface area contributed by atoms with Crippen LogP contribution in [-0.4, -0.2) is 35.5 Å². The van der Waals surface area contributed by atoms with E-state index in [2.05, 4.69) is 30.4 Å². The number of benzene rings is 1. The van der Waals surface area contributed by atoms with Crippen LogP contribution in [0.1, 0.15) is 43.9 Å². The number of hydrogen-bond acceptors (Lipinski definition) is 4. The van der Waals surface area contributed by atoms with Gasteiger partial charge in [0.1, 0.15) is 22.9 Å². The molecule has 0 aliphatic carbocycles. The fourth-order valence-electron chi connectivity index (χ4n) is 3.96. The Balaban J connectivity index is 2.15. The van der Waals surface area contributed by atoms with Gasteiger partial charge in [0.25, 0.3) is 0 Å². The highest BCUT2D eigenvalue weighted by molar-refractivity contribution is 5.96. The molecule has 0 aliphatic rings. The number of fused-ring (bicyclic) bond motifs is 1. The van der Waals surface area contributed by atoms with Crippen LogP contribution >= 0.6 is 0 Å². The van der Waals surface area contributed by atoms with E-state index in [-0.39, 0.29) is 5.91 Å². The van der Waals surface area contributed by atoms with Crippen molar-refractivity contribution in [1.82, 2.24) is 9.38 Å². The molecule has 2 N–H and O–H groups in total. The highest BCUT2D eigenvalue weighted by Crippen LogP contribution is 2.38. The van der Waals surface area contributed by atoms with Crippen LogP contribution in [0.4, 0.5) is 5.82 Å². The Morgan fingerprint density at radius 1 is 1.13 bits per heavy atom. The van der Waals surface area contributed by atoms with Crippen LogP contribution in [0.25, 0.3) is 16.9 Å². The molecule has 0 unspecified atom stereocenters. The number of pyridine rings is 1. The van der Waals surface area contributed by atoms with E-state index in [0.29, 0.717) is 13.1 Å². The minimum Gasteiger partial charge on any atom is -0.496 e. The van der Waals surface area contributed by atoms with Gasteiger partial charge in [-0.15, -0.1) is 0 Å². The zero-order valence-electron chi connectivity index (χ0n) is 18.4. The molecule has 0 aliphatic heterocycles. The lowest BCUT2D eigenvalue weighted by molar-refractivity contribution is -0.116. The van der Waals surface area contributed by atoms with Gasteiger partial charge in [0.2, 0.25) is 5.91 Å². The Morgan fingerprint density at radius 3 is 2.57 bits per heavy atom. The zero-order valence-corrected chi connectivity index (χ0v) is 18.4. The fraction of sp³-hybridized carbons (Fsp3) is 0.417. The summed E-state index contributed by atoms with van der Waals surface area (Å²) in [7, 11) is 1.66. The summed E-state index contributed by atoms with van der Waals surface area (Å²) in [5, 5.41) is 0. The molecule has 0 saturated carbocycles. The number of hydrogen-bond donors (Lipinski definition) is 1. The van der Waals surface area contributed by atoms with Gasteiger partial charge < -0.3 is 10.5 Å². The quantitative estimate of drug-likeness (QED) is 0.529. The third-order valence-electron chi connectivity index (χ3n) is 5.36. The van der Waals surface area contributed by atoms with E-state index in [9.17, 15) is 4.79 Å². The number of aromatic nitrogens is 2. The van der Waals surface area contributed by atoms with Gasteiger partial charge in [0, 0.05) is 24.7 Å². The average Bonchev–Trinajstić information content (AvgIpc) is 3.09. The van der Waals surface area contributed by atoms with Crippen LogP contribution in [0, 0.1) is 13.8 Å². The van der Waals surface area contributed by atoms with Gasteiger partial charge in [-0.3, -0.25) is 14.1 Å². The number of nitrogens with two attached hydrogens (primary N) is 1. The summed E-state index contributed by atoms with van der Waals surface area (Å²) in [6.07, 6.45) is 4.05. The van der Waals surface area contributed by atoms with Crippen LogP contribution in [0.5, 0.6) is 5.75 Å². The molecule has 30 heavy (non-hydrogen) atoms. The first-order valence-corrected chi connectivity index (χ1v) is 10.6.